The van der Waals surface area contributed by atoms with Gasteiger partial charge in [-0.05, 0) is 42.3 Å². The number of pyridine rings is 1. The monoisotopic (exact) mass is 262 g/mol. The summed E-state index contributed by atoms with van der Waals surface area (Å²) in [6, 6.07) is 7.08. The third-order valence-electron chi connectivity index (χ3n) is 2.94. The zero-order valence-electron chi connectivity index (χ0n) is 10.4. The van der Waals surface area contributed by atoms with E-state index in [1.165, 1.54) is 0 Å². The van der Waals surface area contributed by atoms with Gasteiger partial charge >= 0.3 is 0 Å². The fraction of sp³-hybridized carbons (Fsp3) is 0.214. The Hall–Kier alpha value is -1.58. The number of aryl methyl sites for hydroxylation is 1. The third kappa shape index (κ3) is 2.47. The van der Waals surface area contributed by atoms with Gasteiger partial charge in [-0.15, -0.1) is 0 Å². The van der Waals surface area contributed by atoms with E-state index >= 15 is 0 Å². The molecule has 1 heterocycles. The van der Waals surface area contributed by atoms with Crippen LogP contribution in [0.25, 0.3) is 0 Å². The van der Waals surface area contributed by atoms with Gasteiger partial charge in [-0.25, -0.2) is 0 Å². The summed E-state index contributed by atoms with van der Waals surface area (Å²) in [5.41, 5.74) is 9.21. The molecular formula is C14H15ClN2O. The van der Waals surface area contributed by atoms with E-state index in [4.69, 9.17) is 22.1 Å². The van der Waals surface area contributed by atoms with Gasteiger partial charge in [-0.1, -0.05) is 11.6 Å². The number of hydrogen-bond donors (Lipinski definition) is 1. The highest BCUT2D eigenvalue weighted by atomic mass is 35.5. The lowest BCUT2D eigenvalue weighted by Gasteiger charge is -2.17. The van der Waals surface area contributed by atoms with Crippen LogP contribution in [-0.2, 0) is 0 Å². The van der Waals surface area contributed by atoms with Gasteiger partial charge in [0.05, 0.1) is 13.2 Å². The summed E-state index contributed by atoms with van der Waals surface area (Å²) in [6.45, 7) is 2.01. The van der Waals surface area contributed by atoms with Gasteiger partial charge in [-0.3, -0.25) is 4.98 Å². The average Bonchev–Trinajstić information content (AvgIpc) is 2.38. The first kappa shape index (κ1) is 12.9. The van der Waals surface area contributed by atoms with Crippen molar-refractivity contribution in [3.63, 3.8) is 0 Å². The molecule has 2 rings (SSSR count). The van der Waals surface area contributed by atoms with Gasteiger partial charge in [0, 0.05) is 23.0 Å². The van der Waals surface area contributed by atoms with Crippen molar-refractivity contribution in [1.82, 2.24) is 4.98 Å². The standard InChI is InChI=1S/C14H15ClN2O/c1-9-5-6-17-8-12(9)14(16)11-7-10(15)3-4-13(11)18-2/h3-8,14H,16H2,1-2H3. The maximum atomic E-state index is 6.28. The van der Waals surface area contributed by atoms with Crippen molar-refractivity contribution in [2.45, 2.75) is 13.0 Å². The van der Waals surface area contributed by atoms with Crippen LogP contribution in [0.2, 0.25) is 5.02 Å². The second-order valence-corrected chi connectivity index (χ2v) is 4.53. The molecule has 94 valence electrons. The van der Waals surface area contributed by atoms with Gasteiger partial charge in [-0.2, -0.15) is 0 Å². The molecule has 0 spiro atoms. The second-order valence-electron chi connectivity index (χ2n) is 4.10. The molecule has 0 amide bonds. The topological polar surface area (TPSA) is 48.1 Å². The lowest BCUT2D eigenvalue weighted by Crippen LogP contribution is -2.14. The normalized spacial score (nSPS) is 12.2. The first-order chi connectivity index (χ1) is 8.63. The third-order valence-corrected chi connectivity index (χ3v) is 3.18. The highest BCUT2D eigenvalue weighted by Gasteiger charge is 2.16. The van der Waals surface area contributed by atoms with E-state index in [9.17, 15) is 0 Å². The fourth-order valence-electron chi connectivity index (χ4n) is 1.92. The molecule has 1 aromatic carbocycles. The summed E-state index contributed by atoms with van der Waals surface area (Å²) < 4.78 is 5.32. The van der Waals surface area contributed by atoms with Crippen molar-refractivity contribution in [3.05, 3.63) is 58.4 Å². The van der Waals surface area contributed by atoms with E-state index in [0.717, 1.165) is 22.4 Å². The summed E-state index contributed by atoms with van der Waals surface area (Å²) in [4.78, 5) is 4.12. The Morgan fingerprint density at radius 3 is 2.72 bits per heavy atom. The van der Waals surface area contributed by atoms with E-state index in [2.05, 4.69) is 4.98 Å². The van der Waals surface area contributed by atoms with Crippen LogP contribution in [-0.4, -0.2) is 12.1 Å². The van der Waals surface area contributed by atoms with Gasteiger partial charge in [0.1, 0.15) is 5.75 Å². The number of nitrogens with zero attached hydrogens (tertiary/aromatic N) is 1. The quantitative estimate of drug-likeness (QED) is 0.925. The van der Waals surface area contributed by atoms with Crippen LogP contribution in [0.5, 0.6) is 5.75 Å². The molecule has 1 unspecified atom stereocenters. The number of methoxy groups -OCH3 is 1. The first-order valence-corrected chi connectivity index (χ1v) is 6.01. The lowest BCUT2D eigenvalue weighted by atomic mass is 9.97. The summed E-state index contributed by atoms with van der Waals surface area (Å²) in [7, 11) is 1.62. The SMILES string of the molecule is COc1ccc(Cl)cc1C(N)c1cnccc1C. The number of nitrogens with two attached hydrogens (primary N) is 1. The van der Waals surface area contributed by atoms with E-state index in [1.807, 2.05) is 25.1 Å². The Morgan fingerprint density at radius 1 is 1.28 bits per heavy atom. The molecule has 0 radical (unpaired) electrons. The molecule has 18 heavy (non-hydrogen) atoms. The van der Waals surface area contributed by atoms with Crippen LogP contribution in [0.4, 0.5) is 0 Å². The van der Waals surface area contributed by atoms with Crippen LogP contribution < -0.4 is 10.5 Å². The Balaban J connectivity index is 2.48. The first-order valence-electron chi connectivity index (χ1n) is 5.63. The maximum Gasteiger partial charge on any atom is 0.124 e. The van der Waals surface area contributed by atoms with Gasteiger partial charge in [0.15, 0.2) is 0 Å². The fourth-order valence-corrected chi connectivity index (χ4v) is 2.10. The molecule has 0 saturated heterocycles. The minimum absolute atomic E-state index is 0.299. The highest BCUT2D eigenvalue weighted by Crippen LogP contribution is 2.31. The van der Waals surface area contributed by atoms with Crippen LogP contribution in [0.15, 0.2) is 36.7 Å². The van der Waals surface area contributed by atoms with Gasteiger partial charge < -0.3 is 10.5 Å². The predicted molar refractivity (Wildman–Crippen MR) is 73.0 cm³/mol. The van der Waals surface area contributed by atoms with Crippen molar-refractivity contribution in [1.29, 1.82) is 0 Å². The van der Waals surface area contributed by atoms with Crippen molar-refractivity contribution in [2.75, 3.05) is 7.11 Å². The highest BCUT2D eigenvalue weighted by molar-refractivity contribution is 6.30. The molecule has 1 aromatic heterocycles. The second kappa shape index (κ2) is 5.38. The van der Waals surface area contributed by atoms with Gasteiger partial charge in [0.25, 0.3) is 0 Å². The molecule has 2 aromatic rings. The summed E-state index contributed by atoms with van der Waals surface area (Å²) >= 11 is 6.02. The molecule has 4 heteroatoms. The van der Waals surface area contributed by atoms with Crippen molar-refractivity contribution >= 4 is 11.6 Å². The maximum absolute atomic E-state index is 6.28. The van der Waals surface area contributed by atoms with Crippen molar-refractivity contribution < 1.29 is 4.74 Å². The Bertz CT molecular complexity index is 557. The molecule has 0 saturated carbocycles. The predicted octanol–water partition coefficient (Wildman–Crippen LogP) is 3.10. The average molecular weight is 263 g/mol. The van der Waals surface area contributed by atoms with Gasteiger partial charge in [0.2, 0.25) is 0 Å². The van der Waals surface area contributed by atoms with E-state index in [-0.39, 0.29) is 6.04 Å². The molecule has 0 aliphatic rings. The lowest BCUT2D eigenvalue weighted by molar-refractivity contribution is 0.408. The number of ether oxygens (including phenoxy) is 1. The number of hydrogen-bond acceptors (Lipinski definition) is 3. The number of halogens is 1. The van der Waals surface area contributed by atoms with Crippen LogP contribution in [0.1, 0.15) is 22.7 Å². The molecule has 3 nitrogen and oxygen atoms in total. The number of benzene rings is 1. The summed E-state index contributed by atoms with van der Waals surface area (Å²) in [5, 5.41) is 0.641. The minimum Gasteiger partial charge on any atom is -0.496 e. The van der Waals surface area contributed by atoms with Crippen molar-refractivity contribution in [3.8, 4) is 5.75 Å². The molecule has 2 N–H and O–H groups in total. The molecule has 0 aliphatic heterocycles. The van der Waals surface area contributed by atoms with E-state index in [0.29, 0.717) is 5.02 Å². The Morgan fingerprint density at radius 2 is 2.06 bits per heavy atom. The molecular weight excluding hydrogens is 248 g/mol. The number of rotatable bonds is 3. The van der Waals surface area contributed by atoms with Crippen LogP contribution in [0.3, 0.4) is 0 Å². The smallest absolute Gasteiger partial charge is 0.124 e. The molecule has 0 aliphatic carbocycles. The van der Waals surface area contributed by atoms with Crippen LogP contribution in [0, 0.1) is 6.92 Å². The van der Waals surface area contributed by atoms with Crippen molar-refractivity contribution in [2.24, 2.45) is 5.73 Å². The summed E-state index contributed by atoms with van der Waals surface area (Å²) in [5.74, 6) is 0.732. The molecule has 0 fully saturated rings. The Labute approximate surface area is 112 Å². The number of aromatic nitrogens is 1. The Kier molecular flexibility index (Phi) is 3.84. The molecule has 1 atom stereocenters. The van der Waals surface area contributed by atoms with E-state index in [1.54, 1.807) is 25.6 Å². The zero-order valence-corrected chi connectivity index (χ0v) is 11.1. The minimum atomic E-state index is -0.299. The summed E-state index contributed by atoms with van der Waals surface area (Å²) in [6.07, 6.45) is 3.53. The molecule has 0 bridgehead atoms. The van der Waals surface area contributed by atoms with E-state index < -0.39 is 0 Å². The zero-order chi connectivity index (χ0) is 13.1. The van der Waals surface area contributed by atoms with Crippen LogP contribution >= 0.6 is 11.6 Å². The largest absolute Gasteiger partial charge is 0.496 e.